The first-order valence-electron chi connectivity index (χ1n) is 13.7. The van der Waals surface area contributed by atoms with Crippen molar-refractivity contribution >= 4 is 5.97 Å². The van der Waals surface area contributed by atoms with Crippen molar-refractivity contribution in [3.63, 3.8) is 0 Å². The van der Waals surface area contributed by atoms with Gasteiger partial charge in [-0.15, -0.1) is 0 Å². The fourth-order valence-electron chi connectivity index (χ4n) is 5.91. The lowest BCUT2D eigenvalue weighted by molar-refractivity contribution is -0.141. The van der Waals surface area contributed by atoms with Gasteiger partial charge in [0.15, 0.2) is 0 Å². The highest BCUT2D eigenvalue weighted by molar-refractivity contribution is 5.71. The number of hydrogen-bond donors (Lipinski definition) is 0. The van der Waals surface area contributed by atoms with E-state index in [1.54, 1.807) is 6.07 Å². The van der Waals surface area contributed by atoms with Crippen molar-refractivity contribution in [3.8, 4) is 23.0 Å². The van der Waals surface area contributed by atoms with E-state index in [4.69, 9.17) is 23.7 Å². The van der Waals surface area contributed by atoms with Crippen LogP contribution in [0.2, 0.25) is 0 Å². The van der Waals surface area contributed by atoms with E-state index in [-0.39, 0.29) is 24.1 Å². The molecule has 0 amide bonds. The largest absolute Gasteiger partial charge is 0.492 e. The minimum absolute atomic E-state index is 0.0400. The summed E-state index contributed by atoms with van der Waals surface area (Å²) in [6, 6.07) is 17.0. The van der Waals surface area contributed by atoms with Gasteiger partial charge in [0.05, 0.1) is 20.1 Å². The number of ether oxygens (including phenoxy) is 5. The number of carbonyl (C=O) groups excluding carboxylic acids is 1. The molecule has 7 heteroatoms. The second kappa shape index (κ2) is 11.3. The SMILES string of the molecule is COC(=O)C[C@@H]1COc2cc(O[C@@H]3CCc4c(Oc5ccc(CC6CCOCC6)cc5)ccc(F)c43)ccc21. The van der Waals surface area contributed by atoms with E-state index >= 15 is 4.39 Å². The van der Waals surface area contributed by atoms with Crippen LogP contribution < -0.4 is 14.2 Å². The maximum Gasteiger partial charge on any atom is 0.306 e. The number of esters is 1. The Hall–Kier alpha value is -3.58. The first-order chi connectivity index (χ1) is 19.1. The Labute approximate surface area is 228 Å². The molecule has 2 aliphatic heterocycles. The lowest BCUT2D eigenvalue weighted by Crippen LogP contribution is -2.17. The fraction of sp³-hybridized carbons (Fsp3) is 0.406. The maximum atomic E-state index is 15.1. The monoisotopic (exact) mass is 532 g/mol. The Morgan fingerprint density at radius 3 is 2.59 bits per heavy atom. The lowest BCUT2D eigenvalue weighted by Gasteiger charge is -2.22. The third-order valence-corrected chi connectivity index (χ3v) is 8.04. The van der Waals surface area contributed by atoms with Gasteiger partial charge in [-0.1, -0.05) is 18.2 Å². The van der Waals surface area contributed by atoms with Gasteiger partial charge in [0.2, 0.25) is 0 Å². The zero-order chi connectivity index (χ0) is 26.8. The normalized spacial score (nSPS) is 20.2. The van der Waals surface area contributed by atoms with Crippen molar-refractivity contribution < 1.29 is 32.9 Å². The van der Waals surface area contributed by atoms with Crippen LogP contribution in [0.1, 0.15) is 60.0 Å². The highest BCUT2D eigenvalue weighted by atomic mass is 19.1. The third kappa shape index (κ3) is 5.59. The Bertz CT molecular complexity index is 1330. The molecule has 0 bridgehead atoms. The standard InChI is InChI=1S/C32H33FO6/c1-35-31(34)17-22-19-37-30-18-24(6-7-25(22)30)39-29-10-8-26-28(11-9-27(33)32(26)29)38-23-4-2-20(3-5-23)16-21-12-14-36-15-13-21/h2-7,9,11,18,21-22,29H,8,10,12-17,19H2,1H3/t22-,29-/m1/s1. The van der Waals surface area contributed by atoms with Crippen molar-refractivity contribution in [1.29, 1.82) is 0 Å². The van der Waals surface area contributed by atoms with Gasteiger partial charge in [0.25, 0.3) is 0 Å². The smallest absolute Gasteiger partial charge is 0.306 e. The van der Waals surface area contributed by atoms with Crippen LogP contribution in [-0.4, -0.2) is 32.9 Å². The number of hydrogen-bond acceptors (Lipinski definition) is 6. The van der Waals surface area contributed by atoms with E-state index in [2.05, 4.69) is 12.1 Å². The molecule has 39 heavy (non-hydrogen) atoms. The summed E-state index contributed by atoms with van der Waals surface area (Å²) in [6.07, 6.45) is 4.43. The van der Waals surface area contributed by atoms with Crippen LogP contribution in [0.5, 0.6) is 23.0 Å². The van der Waals surface area contributed by atoms with Gasteiger partial charge < -0.3 is 23.7 Å². The number of rotatable bonds is 8. The summed E-state index contributed by atoms with van der Waals surface area (Å²) in [6.45, 7) is 2.13. The van der Waals surface area contributed by atoms with E-state index in [9.17, 15) is 4.79 Å². The van der Waals surface area contributed by atoms with E-state index in [1.165, 1.54) is 18.7 Å². The summed E-state index contributed by atoms with van der Waals surface area (Å²) < 4.78 is 43.6. The molecule has 0 saturated carbocycles. The van der Waals surface area contributed by atoms with Gasteiger partial charge in [-0.3, -0.25) is 4.79 Å². The van der Waals surface area contributed by atoms with Crippen LogP contribution >= 0.6 is 0 Å². The topological polar surface area (TPSA) is 63.2 Å². The van der Waals surface area contributed by atoms with Gasteiger partial charge in [0, 0.05) is 41.9 Å². The molecule has 0 N–H and O–H groups in total. The van der Waals surface area contributed by atoms with Gasteiger partial charge in [-0.2, -0.15) is 0 Å². The molecule has 1 aliphatic carbocycles. The molecule has 1 fully saturated rings. The molecular formula is C32H33FO6. The van der Waals surface area contributed by atoms with E-state index in [0.29, 0.717) is 48.2 Å². The molecule has 3 aromatic rings. The molecule has 3 aliphatic rings. The number of benzene rings is 3. The second-order valence-corrected chi connectivity index (χ2v) is 10.6. The van der Waals surface area contributed by atoms with Crippen LogP contribution in [0.3, 0.4) is 0 Å². The van der Waals surface area contributed by atoms with E-state index < -0.39 is 6.10 Å². The summed E-state index contributed by atoms with van der Waals surface area (Å²) in [4.78, 5) is 11.7. The number of carbonyl (C=O) groups is 1. The third-order valence-electron chi connectivity index (χ3n) is 8.04. The van der Waals surface area contributed by atoms with Crippen LogP contribution in [0.4, 0.5) is 4.39 Å². The molecule has 2 heterocycles. The minimum atomic E-state index is -0.421. The summed E-state index contributed by atoms with van der Waals surface area (Å²) in [5.41, 5.74) is 3.65. The zero-order valence-electron chi connectivity index (χ0n) is 22.1. The summed E-state index contributed by atoms with van der Waals surface area (Å²) in [5.74, 6) is 2.77. The quantitative estimate of drug-likeness (QED) is 0.301. The summed E-state index contributed by atoms with van der Waals surface area (Å²) >= 11 is 0. The van der Waals surface area contributed by atoms with Crippen molar-refractivity contribution in [2.75, 3.05) is 26.9 Å². The van der Waals surface area contributed by atoms with Crippen molar-refractivity contribution in [2.45, 2.75) is 50.5 Å². The first kappa shape index (κ1) is 25.7. The first-order valence-corrected chi connectivity index (χ1v) is 13.7. The number of fused-ring (bicyclic) bond motifs is 2. The van der Waals surface area contributed by atoms with E-state index in [0.717, 1.165) is 49.4 Å². The van der Waals surface area contributed by atoms with Gasteiger partial charge >= 0.3 is 5.97 Å². The Balaban J connectivity index is 1.14. The number of methoxy groups -OCH3 is 1. The van der Waals surface area contributed by atoms with Crippen LogP contribution in [-0.2, 0) is 27.1 Å². The molecule has 6 nitrogen and oxygen atoms in total. The van der Waals surface area contributed by atoms with Crippen LogP contribution in [0, 0.1) is 11.7 Å². The zero-order valence-corrected chi connectivity index (χ0v) is 22.1. The van der Waals surface area contributed by atoms with Crippen molar-refractivity contribution in [2.24, 2.45) is 5.92 Å². The van der Waals surface area contributed by atoms with E-state index in [1.807, 2.05) is 30.3 Å². The van der Waals surface area contributed by atoms with Gasteiger partial charge in [0.1, 0.15) is 34.9 Å². The second-order valence-electron chi connectivity index (χ2n) is 10.6. The average Bonchev–Trinajstić information content (AvgIpc) is 3.56. The Morgan fingerprint density at radius 1 is 1.00 bits per heavy atom. The van der Waals surface area contributed by atoms with Crippen LogP contribution in [0.15, 0.2) is 54.6 Å². The summed E-state index contributed by atoms with van der Waals surface area (Å²) in [5, 5.41) is 0. The van der Waals surface area contributed by atoms with Gasteiger partial charge in [-0.05, 0) is 73.9 Å². The summed E-state index contributed by atoms with van der Waals surface area (Å²) in [7, 11) is 1.38. The fourth-order valence-corrected chi connectivity index (χ4v) is 5.91. The predicted octanol–water partition coefficient (Wildman–Crippen LogP) is 6.69. The molecular weight excluding hydrogens is 499 g/mol. The minimum Gasteiger partial charge on any atom is -0.492 e. The average molecular weight is 533 g/mol. The van der Waals surface area contributed by atoms with Crippen molar-refractivity contribution in [1.82, 2.24) is 0 Å². The number of halogens is 1. The van der Waals surface area contributed by atoms with Crippen LogP contribution in [0.25, 0.3) is 0 Å². The molecule has 204 valence electrons. The van der Waals surface area contributed by atoms with Crippen molar-refractivity contribution in [3.05, 3.63) is 82.7 Å². The highest BCUT2D eigenvalue weighted by Crippen LogP contribution is 2.44. The highest BCUT2D eigenvalue weighted by Gasteiger charge is 2.32. The molecule has 6 rings (SSSR count). The Kier molecular flexibility index (Phi) is 7.42. The molecule has 3 aromatic carbocycles. The molecule has 2 atom stereocenters. The lowest BCUT2D eigenvalue weighted by atomic mass is 9.92. The molecule has 0 aromatic heterocycles. The maximum absolute atomic E-state index is 15.1. The molecule has 0 radical (unpaired) electrons. The van der Waals surface area contributed by atoms with Gasteiger partial charge in [-0.25, -0.2) is 4.39 Å². The molecule has 0 unspecified atom stereocenters. The molecule has 1 saturated heterocycles. The Morgan fingerprint density at radius 2 is 1.79 bits per heavy atom. The molecule has 0 spiro atoms. The predicted molar refractivity (Wildman–Crippen MR) is 143 cm³/mol.